The first-order chi connectivity index (χ1) is 18.8. The van der Waals surface area contributed by atoms with Crippen molar-refractivity contribution in [2.75, 3.05) is 6.61 Å². The van der Waals surface area contributed by atoms with E-state index in [1.165, 1.54) is 11.8 Å². The molecule has 0 amide bonds. The lowest BCUT2D eigenvalue weighted by Crippen LogP contribution is -2.62. The Bertz CT molecular complexity index is 1140. The van der Waals surface area contributed by atoms with E-state index in [1.54, 1.807) is 0 Å². The normalized spacial score (nSPS) is 23.4. The topological polar surface area (TPSA) is 80.1 Å². The van der Waals surface area contributed by atoms with Gasteiger partial charge in [0, 0.05) is 9.67 Å². The van der Waals surface area contributed by atoms with Crippen molar-refractivity contribution in [3.8, 4) is 0 Å². The fourth-order valence-electron chi connectivity index (χ4n) is 4.49. The first-order valence-corrected chi connectivity index (χ1v) is 14.1. The number of thioether (sulfide) groups is 1. The van der Waals surface area contributed by atoms with Gasteiger partial charge in [-0.1, -0.05) is 112 Å². The van der Waals surface area contributed by atoms with Crippen molar-refractivity contribution in [1.29, 1.82) is 0 Å². The molecule has 0 saturated carbocycles. The zero-order valence-electron chi connectivity index (χ0n) is 22.7. The van der Waals surface area contributed by atoms with Gasteiger partial charge in [0.2, 0.25) is 0 Å². The molecule has 1 heterocycles. The summed E-state index contributed by atoms with van der Waals surface area (Å²) >= 11 is 1.43. The van der Waals surface area contributed by atoms with E-state index in [0.29, 0.717) is 6.61 Å². The second-order valence-corrected chi connectivity index (χ2v) is 12.5. The maximum absolute atomic E-state index is 12.5. The van der Waals surface area contributed by atoms with E-state index in [9.17, 15) is 10.1 Å². The predicted octanol–water partition coefficient (Wildman–Crippen LogP) is 6.28. The SMILES string of the molecule is CC(C)(C)SC1O[C@H](COCc2ccccc2)[C@H](OCc2ccccc2)[C@H](OCc2ccccc2)[C@H]1[N+](=O)[O-]. The lowest BCUT2D eigenvalue weighted by Gasteiger charge is -2.43. The molecule has 39 heavy (non-hydrogen) atoms. The Kier molecular flexibility index (Phi) is 10.5. The first kappa shape index (κ1) is 29.2. The molecule has 3 aromatic carbocycles. The quantitative estimate of drug-likeness (QED) is 0.194. The van der Waals surface area contributed by atoms with Gasteiger partial charge in [-0.25, -0.2) is 0 Å². The Balaban J connectivity index is 1.61. The highest BCUT2D eigenvalue weighted by atomic mass is 32.2. The average molecular weight is 552 g/mol. The van der Waals surface area contributed by atoms with Crippen LogP contribution >= 0.6 is 11.8 Å². The van der Waals surface area contributed by atoms with Crippen LogP contribution in [0.1, 0.15) is 37.5 Å². The van der Waals surface area contributed by atoms with Gasteiger partial charge in [-0.05, 0) is 16.7 Å². The van der Waals surface area contributed by atoms with Gasteiger partial charge in [0.05, 0.1) is 26.4 Å². The van der Waals surface area contributed by atoms with E-state index >= 15 is 0 Å². The highest BCUT2D eigenvalue weighted by Gasteiger charge is 2.55. The van der Waals surface area contributed by atoms with Crippen molar-refractivity contribution in [2.45, 2.75) is 75.1 Å². The summed E-state index contributed by atoms with van der Waals surface area (Å²) in [4.78, 5) is 12.3. The van der Waals surface area contributed by atoms with Crippen molar-refractivity contribution >= 4 is 11.8 Å². The van der Waals surface area contributed by atoms with Crippen molar-refractivity contribution in [3.63, 3.8) is 0 Å². The van der Waals surface area contributed by atoms with Crippen molar-refractivity contribution in [2.24, 2.45) is 0 Å². The summed E-state index contributed by atoms with van der Waals surface area (Å²) in [5.41, 5.74) is 2.20. The van der Waals surface area contributed by atoms with Crippen LogP contribution in [-0.4, -0.2) is 46.1 Å². The van der Waals surface area contributed by atoms with Crippen LogP contribution in [-0.2, 0) is 38.8 Å². The molecule has 0 aromatic heterocycles. The number of nitrogens with zero attached hydrogens (tertiary/aromatic N) is 1. The standard InChI is InChI=1S/C31H37NO6S/c1-31(2,3)39-30-27(32(33)34)29(37-21-25-17-11-6-12-18-25)28(36-20-24-15-9-5-10-16-24)26(38-30)22-35-19-23-13-7-4-8-14-23/h4-18,26-30H,19-22H2,1-3H3/t26-,27-,28+,29-,30?/m1/s1. The Labute approximate surface area is 235 Å². The summed E-state index contributed by atoms with van der Waals surface area (Å²) in [7, 11) is 0. The zero-order chi connectivity index (χ0) is 27.7. The molecule has 5 atom stereocenters. The smallest absolute Gasteiger partial charge is 0.276 e. The number of hydrogen-bond donors (Lipinski definition) is 0. The zero-order valence-corrected chi connectivity index (χ0v) is 23.5. The molecule has 208 valence electrons. The fourth-order valence-corrected chi connectivity index (χ4v) is 5.78. The van der Waals surface area contributed by atoms with Crippen LogP contribution in [0.3, 0.4) is 0 Å². The third kappa shape index (κ3) is 8.88. The van der Waals surface area contributed by atoms with Gasteiger partial charge in [-0.15, -0.1) is 11.8 Å². The molecule has 1 aliphatic heterocycles. The maximum Gasteiger partial charge on any atom is 0.276 e. The molecule has 1 unspecified atom stereocenters. The van der Waals surface area contributed by atoms with Crippen LogP contribution in [0.2, 0.25) is 0 Å². The van der Waals surface area contributed by atoms with Crippen LogP contribution in [0.4, 0.5) is 0 Å². The molecule has 4 rings (SSSR count). The van der Waals surface area contributed by atoms with Crippen LogP contribution < -0.4 is 0 Å². The molecule has 7 nitrogen and oxygen atoms in total. The highest BCUT2D eigenvalue weighted by molar-refractivity contribution is 8.01. The molecule has 0 aliphatic carbocycles. The highest BCUT2D eigenvalue weighted by Crippen LogP contribution is 2.39. The van der Waals surface area contributed by atoms with Crippen molar-refractivity contribution < 1.29 is 23.9 Å². The van der Waals surface area contributed by atoms with Gasteiger partial charge in [0.15, 0.2) is 11.5 Å². The molecule has 0 radical (unpaired) electrons. The van der Waals surface area contributed by atoms with Gasteiger partial charge < -0.3 is 18.9 Å². The predicted molar refractivity (Wildman–Crippen MR) is 153 cm³/mol. The minimum Gasteiger partial charge on any atom is -0.374 e. The molecule has 1 fully saturated rings. The molecular formula is C31H37NO6S. The summed E-state index contributed by atoms with van der Waals surface area (Å²) < 4.78 is 25.0. The minimum absolute atomic E-state index is 0.213. The average Bonchev–Trinajstić information content (AvgIpc) is 2.92. The van der Waals surface area contributed by atoms with Gasteiger partial charge in [0.25, 0.3) is 6.04 Å². The van der Waals surface area contributed by atoms with Crippen LogP contribution in [0.15, 0.2) is 91.0 Å². The Morgan fingerprint density at radius 3 is 1.69 bits per heavy atom. The maximum atomic E-state index is 12.5. The Morgan fingerprint density at radius 2 is 1.23 bits per heavy atom. The number of hydrogen-bond acceptors (Lipinski definition) is 7. The molecular weight excluding hydrogens is 514 g/mol. The number of rotatable bonds is 12. The lowest BCUT2D eigenvalue weighted by atomic mass is 9.97. The second-order valence-electron chi connectivity index (χ2n) is 10.6. The largest absolute Gasteiger partial charge is 0.374 e. The molecule has 8 heteroatoms. The summed E-state index contributed by atoms with van der Waals surface area (Å²) in [5.74, 6) is 0. The molecule has 3 aromatic rings. The van der Waals surface area contributed by atoms with Crippen molar-refractivity contribution in [1.82, 2.24) is 0 Å². The molecule has 0 N–H and O–H groups in total. The monoisotopic (exact) mass is 551 g/mol. The number of ether oxygens (including phenoxy) is 4. The van der Waals surface area contributed by atoms with Gasteiger partial charge >= 0.3 is 0 Å². The summed E-state index contributed by atoms with van der Waals surface area (Å²) in [6.07, 6.45) is -2.12. The van der Waals surface area contributed by atoms with Crippen LogP contribution in [0.25, 0.3) is 0 Å². The van der Waals surface area contributed by atoms with E-state index in [2.05, 4.69) is 0 Å². The number of nitro groups is 1. The van der Waals surface area contributed by atoms with E-state index in [4.69, 9.17) is 18.9 Å². The third-order valence-corrected chi connectivity index (χ3v) is 7.62. The molecule has 1 aliphatic rings. The third-order valence-electron chi connectivity index (χ3n) is 6.29. The number of benzene rings is 3. The molecule has 1 saturated heterocycles. The Morgan fingerprint density at radius 1 is 0.769 bits per heavy atom. The van der Waals surface area contributed by atoms with E-state index in [1.807, 2.05) is 112 Å². The summed E-state index contributed by atoms with van der Waals surface area (Å²) in [6, 6.07) is 28.2. The van der Waals surface area contributed by atoms with E-state index in [0.717, 1.165) is 16.7 Å². The van der Waals surface area contributed by atoms with Crippen LogP contribution in [0.5, 0.6) is 0 Å². The van der Waals surface area contributed by atoms with Gasteiger partial charge in [0.1, 0.15) is 12.2 Å². The fraction of sp³-hybridized carbons (Fsp3) is 0.419. The van der Waals surface area contributed by atoms with E-state index in [-0.39, 0.29) is 29.5 Å². The summed E-state index contributed by atoms with van der Waals surface area (Å²) in [6.45, 7) is 7.19. The van der Waals surface area contributed by atoms with Gasteiger partial charge in [-0.2, -0.15) is 0 Å². The minimum atomic E-state index is -1.12. The van der Waals surface area contributed by atoms with Gasteiger partial charge in [-0.3, -0.25) is 10.1 Å². The molecule has 0 bridgehead atoms. The van der Waals surface area contributed by atoms with Crippen molar-refractivity contribution in [3.05, 3.63) is 118 Å². The summed E-state index contributed by atoms with van der Waals surface area (Å²) in [5, 5.41) is 12.5. The van der Waals surface area contributed by atoms with Crippen LogP contribution in [0, 0.1) is 10.1 Å². The lowest BCUT2D eigenvalue weighted by molar-refractivity contribution is -0.555. The van der Waals surface area contributed by atoms with E-state index < -0.39 is 29.8 Å². The first-order valence-electron chi connectivity index (χ1n) is 13.2. The molecule has 0 spiro atoms. The Hall–Kier alpha value is -2.75. The second kappa shape index (κ2) is 14.1.